The lowest BCUT2D eigenvalue weighted by Gasteiger charge is -2.46. The number of carboxylic acid groups (broad SMARTS) is 1. The molecule has 1 amide bonds. The second-order valence-corrected chi connectivity index (χ2v) is 4.92. The fourth-order valence-electron chi connectivity index (χ4n) is 2.15. The summed E-state index contributed by atoms with van der Waals surface area (Å²) in [4.78, 5) is 24.4. The molecule has 1 unspecified atom stereocenters. The van der Waals surface area contributed by atoms with Crippen LogP contribution in [0.25, 0.3) is 0 Å². The van der Waals surface area contributed by atoms with E-state index >= 15 is 0 Å². The Morgan fingerprint density at radius 1 is 1.71 bits per heavy atom. The third kappa shape index (κ3) is 3.30. The Morgan fingerprint density at radius 3 is 2.88 bits per heavy atom. The van der Waals surface area contributed by atoms with Crippen molar-refractivity contribution in [3.05, 3.63) is 12.7 Å². The first-order valence-electron chi connectivity index (χ1n) is 5.75. The second kappa shape index (κ2) is 5.31. The highest BCUT2D eigenvalue weighted by Crippen LogP contribution is 2.23. The van der Waals surface area contributed by atoms with E-state index in [-0.39, 0.29) is 23.9 Å². The molecule has 2 N–H and O–H groups in total. The minimum atomic E-state index is -0.875. The van der Waals surface area contributed by atoms with Crippen LogP contribution >= 0.6 is 0 Å². The molecule has 0 aliphatic carbocycles. The molecule has 0 saturated carbocycles. The van der Waals surface area contributed by atoms with E-state index in [1.165, 1.54) is 0 Å². The number of hydrogen-bond donors (Lipinski definition) is 2. The van der Waals surface area contributed by atoms with Crippen LogP contribution in [0.1, 0.15) is 26.7 Å². The van der Waals surface area contributed by atoms with Crippen molar-refractivity contribution in [1.29, 1.82) is 0 Å². The Bertz CT molecular complexity index is 326. The van der Waals surface area contributed by atoms with Gasteiger partial charge < -0.3 is 10.4 Å². The Hall–Kier alpha value is -1.36. The van der Waals surface area contributed by atoms with Gasteiger partial charge in [-0.15, -0.1) is 6.58 Å². The zero-order chi connectivity index (χ0) is 13.1. The van der Waals surface area contributed by atoms with Gasteiger partial charge in [-0.3, -0.25) is 14.5 Å². The maximum absolute atomic E-state index is 11.8. The van der Waals surface area contributed by atoms with E-state index in [4.69, 9.17) is 5.11 Å². The van der Waals surface area contributed by atoms with Crippen LogP contribution in [-0.2, 0) is 9.59 Å². The number of nitrogens with zero attached hydrogens (tertiary/aromatic N) is 1. The molecule has 5 nitrogen and oxygen atoms in total. The number of amides is 1. The van der Waals surface area contributed by atoms with E-state index in [1.807, 2.05) is 18.7 Å². The largest absolute Gasteiger partial charge is 0.481 e. The molecule has 1 atom stereocenters. The first kappa shape index (κ1) is 13.7. The van der Waals surface area contributed by atoms with Gasteiger partial charge in [0.1, 0.15) is 0 Å². The molecular weight excluding hydrogens is 220 g/mol. The van der Waals surface area contributed by atoms with Gasteiger partial charge in [0.05, 0.1) is 6.04 Å². The number of carboxylic acids is 1. The molecule has 0 aromatic rings. The fourth-order valence-corrected chi connectivity index (χ4v) is 2.15. The Morgan fingerprint density at radius 2 is 2.35 bits per heavy atom. The molecule has 17 heavy (non-hydrogen) atoms. The lowest BCUT2D eigenvalue weighted by atomic mass is 9.93. The Kier molecular flexibility index (Phi) is 4.28. The summed E-state index contributed by atoms with van der Waals surface area (Å²) in [6.07, 6.45) is 2.08. The molecule has 0 spiro atoms. The summed E-state index contributed by atoms with van der Waals surface area (Å²) >= 11 is 0. The summed E-state index contributed by atoms with van der Waals surface area (Å²) in [5.41, 5.74) is -0.175. The standard InChI is InChI=1S/C12H20N2O3/c1-4-7-14-9(5-6-10(15)16)11(17)13-8-12(14,2)3/h4,9H,1,5-8H2,2-3H3,(H,13,17)(H,15,16). The minimum Gasteiger partial charge on any atom is -0.481 e. The van der Waals surface area contributed by atoms with Crippen LogP contribution in [0.5, 0.6) is 0 Å². The fraction of sp³-hybridized carbons (Fsp3) is 0.667. The number of nitrogens with one attached hydrogen (secondary N) is 1. The Balaban J connectivity index is 2.81. The zero-order valence-electron chi connectivity index (χ0n) is 10.4. The van der Waals surface area contributed by atoms with E-state index in [0.29, 0.717) is 19.5 Å². The minimum absolute atomic E-state index is 0.00180. The van der Waals surface area contributed by atoms with Gasteiger partial charge in [0, 0.05) is 25.0 Å². The van der Waals surface area contributed by atoms with E-state index in [1.54, 1.807) is 6.08 Å². The summed E-state index contributed by atoms with van der Waals surface area (Å²) < 4.78 is 0. The van der Waals surface area contributed by atoms with Crippen LogP contribution in [0.15, 0.2) is 12.7 Å². The molecule has 1 aliphatic rings. The molecule has 1 heterocycles. The molecule has 1 rings (SSSR count). The maximum Gasteiger partial charge on any atom is 0.303 e. The smallest absolute Gasteiger partial charge is 0.303 e. The topological polar surface area (TPSA) is 69.6 Å². The third-order valence-electron chi connectivity index (χ3n) is 3.11. The van der Waals surface area contributed by atoms with Crippen molar-refractivity contribution in [3.8, 4) is 0 Å². The van der Waals surface area contributed by atoms with Crippen LogP contribution in [0.2, 0.25) is 0 Å². The average molecular weight is 240 g/mol. The van der Waals surface area contributed by atoms with E-state index in [9.17, 15) is 9.59 Å². The highest BCUT2D eigenvalue weighted by molar-refractivity contribution is 5.83. The third-order valence-corrected chi connectivity index (χ3v) is 3.11. The monoisotopic (exact) mass is 240 g/mol. The van der Waals surface area contributed by atoms with Gasteiger partial charge in [-0.25, -0.2) is 0 Å². The first-order chi connectivity index (χ1) is 7.88. The van der Waals surface area contributed by atoms with E-state index in [0.717, 1.165) is 0 Å². The second-order valence-electron chi connectivity index (χ2n) is 4.92. The lowest BCUT2D eigenvalue weighted by Crippen LogP contribution is -2.65. The molecule has 0 aromatic carbocycles. The number of carbonyl (C=O) groups is 2. The molecule has 0 radical (unpaired) electrons. The van der Waals surface area contributed by atoms with Crippen molar-refractivity contribution in [3.63, 3.8) is 0 Å². The summed E-state index contributed by atoms with van der Waals surface area (Å²) in [7, 11) is 0. The molecule has 0 bridgehead atoms. The van der Waals surface area contributed by atoms with Crippen LogP contribution in [0.4, 0.5) is 0 Å². The summed E-state index contributed by atoms with van der Waals surface area (Å²) in [6, 6.07) is -0.382. The quantitative estimate of drug-likeness (QED) is 0.691. The van der Waals surface area contributed by atoms with Crippen LogP contribution in [-0.4, -0.2) is 46.6 Å². The first-order valence-corrected chi connectivity index (χ1v) is 5.75. The van der Waals surface area contributed by atoms with Crippen molar-refractivity contribution in [2.45, 2.75) is 38.3 Å². The molecule has 1 aliphatic heterocycles. The van der Waals surface area contributed by atoms with E-state index in [2.05, 4.69) is 11.9 Å². The van der Waals surface area contributed by atoms with Gasteiger partial charge >= 0.3 is 5.97 Å². The van der Waals surface area contributed by atoms with Crippen molar-refractivity contribution in [1.82, 2.24) is 10.2 Å². The highest BCUT2D eigenvalue weighted by Gasteiger charge is 2.40. The molecule has 5 heteroatoms. The van der Waals surface area contributed by atoms with Crippen molar-refractivity contribution < 1.29 is 14.7 Å². The van der Waals surface area contributed by atoms with Gasteiger partial charge in [-0.05, 0) is 20.3 Å². The zero-order valence-corrected chi connectivity index (χ0v) is 10.4. The van der Waals surface area contributed by atoms with Gasteiger partial charge in [-0.2, -0.15) is 0 Å². The predicted molar refractivity (Wildman–Crippen MR) is 64.6 cm³/mol. The van der Waals surface area contributed by atoms with Crippen LogP contribution < -0.4 is 5.32 Å². The number of aliphatic carboxylic acids is 1. The maximum atomic E-state index is 11.8. The highest BCUT2D eigenvalue weighted by atomic mass is 16.4. The number of hydrogen-bond acceptors (Lipinski definition) is 3. The predicted octanol–water partition coefficient (Wildman–Crippen LogP) is 0.616. The molecule has 0 aromatic heterocycles. The summed E-state index contributed by atoms with van der Waals surface area (Å²) in [6.45, 7) is 8.91. The van der Waals surface area contributed by atoms with Crippen LogP contribution in [0.3, 0.4) is 0 Å². The lowest BCUT2D eigenvalue weighted by molar-refractivity contribution is -0.139. The van der Waals surface area contributed by atoms with Crippen LogP contribution in [0, 0.1) is 0 Å². The van der Waals surface area contributed by atoms with Gasteiger partial charge in [0.15, 0.2) is 0 Å². The Labute approximate surface area is 101 Å². The molecular formula is C12H20N2O3. The van der Waals surface area contributed by atoms with Gasteiger partial charge in [-0.1, -0.05) is 6.08 Å². The molecule has 1 saturated heterocycles. The van der Waals surface area contributed by atoms with Gasteiger partial charge in [0.2, 0.25) is 5.91 Å². The number of carbonyl (C=O) groups excluding carboxylic acids is 1. The van der Waals surface area contributed by atoms with Crippen molar-refractivity contribution in [2.75, 3.05) is 13.1 Å². The van der Waals surface area contributed by atoms with Gasteiger partial charge in [0.25, 0.3) is 0 Å². The number of piperazine rings is 1. The van der Waals surface area contributed by atoms with E-state index < -0.39 is 5.97 Å². The molecule has 96 valence electrons. The van der Waals surface area contributed by atoms with Crippen molar-refractivity contribution in [2.24, 2.45) is 0 Å². The average Bonchev–Trinajstić information content (AvgIpc) is 2.23. The molecule has 1 fully saturated rings. The summed E-state index contributed by atoms with van der Waals surface area (Å²) in [5, 5.41) is 11.5. The SMILES string of the molecule is C=CCN1C(CCC(=O)O)C(=O)NCC1(C)C. The number of rotatable bonds is 5. The normalized spacial score (nSPS) is 24.1. The van der Waals surface area contributed by atoms with Crippen molar-refractivity contribution >= 4 is 11.9 Å². The summed E-state index contributed by atoms with van der Waals surface area (Å²) in [5.74, 6) is -0.966.